The number of unbranched alkanes of at least 4 members (excludes halogenated alkanes) is 3. The Morgan fingerprint density at radius 1 is 1.22 bits per heavy atom. The molecule has 1 rings (SSSR count). The van der Waals surface area contributed by atoms with E-state index in [4.69, 9.17) is 9.47 Å². The standard InChI is InChI=1S/C15H21O3/c1-3-4-5-6-11-15(16)18-14-10-8-7-9-13(14)12-17-2/h7-10H,2-6,11-12H2,1H3. The highest BCUT2D eigenvalue weighted by molar-refractivity contribution is 5.72. The maximum absolute atomic E-state index is 11.7. The van der Waals surface area contributed by atoms with Crippen molar-refractivity contribution in [3.63, 3.8) is 0 Å². The van der Waals surface area contributed by atoms with E-state index < -0.39 is 0 Å². The Hall–Kier alpha value is -1.35. The molecule has 3 nitrogen and oxygen atoms in total. The molecule has 1 radical (unpaired) electrons. The quantitative estimate of drug-likeness (QED) is 0.398. The van der Waals surface area contributed by atoms with Crippen molar-refractivity contribution >= 4 is 5.97 Å². The number of ether oxygens (including phenoxy) is 2. The zero-order valence-electron chi connectivity index (χ0n) is 11.0. The number of rotatable bonds is 8. The Bertz CT molecular complexity index is 361. The van der Waals surface area contributed by atoms with Crippen molar-refractivity contribution in [3.05, 3.63) is 36.9 Å². The van der Waals surface area contributed by atoms with Crippen LogP contribution in [0.4, 0.5) is 0 Å². The fraction of sp³-hybridized carbons (Fsp3) is 0.467. The summed E-state index contributed by atoms with van der Waals surface area (Å²) >= 11 is 0. The van der Waals surface area contributed by atoms with Crippen LogP contribution in [0.1, 0.15) is 44.6 Å². The number of benzene rings is 1. The molecule has 0 fully saturated rings. The van der Waals surface area contributed by atoms with Crippen LogP contribution in [0.15, 0.2) is 24.3 Å². The normalized spacial score (nSPS) is 10.3. The molecule has 0 N–H and O–H groups in total. The van der Waals surface area contributed by atoms with Crippen molar-refractivity contribution in [1.29, 1.82) is 0 Å². The van der Waals surface area contributed by atoms with Crippen molar-refractivity contribution in [2.45, 2.75) is 45.6 Å². The molecule has 0 saturated heterocycles. The highest BCUT2D eigenvalue weighted by Crippen LogP contribution is 2.19. The Labute approximate surface area is 109 Å². The average molecular weight is 249 g/mol. The summed E-state index contributed by atoms with van der Waals surface area (Å²) in [7, 11) is 3.33. The van der Waals surface area contributed by atoms with Crippen molar-refractivity contribution in [1.82, 2.24) is 0 Å². The molecule has 0 atom stereocenters. The predicted molar refractivity (Wildman–Crippen MR) is 71.0 cm³/mol. The van der Waals surface area contributed by atoms with Gasteiger partial charge in [0.2, 0.25) is 0 Å². The predicted octanol–water partition coefficient (Wildman–Crippen LogP) is 3.87. The minimum absolute atomic E-state index is 0.178. The average Bonchev–Trinajstić information content (AvgIpc) is 2.37. The van der Waals surface area contributed by atoms with Crippen LogP contribution in [-0.4, -0.2) is 5.97 Å². The molecule has 0 aromatic heterocycles. The van der Waals surface area contributed by atoms with E-state index in [2.05, 4.69) is 14.0 Å². The van der Waals surface area contributed by atoms with E-state index in [0.29, 0.717) is 18.8 Å². The molecule has 0 heterocycles. The molecule has 0 spiro atoms. The lowest BCUT2D eigenvalue weighted by Gasteiger charge is -2.09. The zero-order valence-corrected chi connectivity index (χ0v) is 11.0. The minimum atomic E-state index is -0.178. The smallest absolute Gasteiger partial charge is 0.311 e. The Morgan fingerprint density at radius 3 is 2.72 bits per heavy atom. The number of carbonyl (C=O) groups is 1. The van der Waals surface area contributed by atoms with Gasteiger partial charge in [-0.05, 0) is 12.5 Å². The molecule has 18 heavy (non-hydrogen) atoms. The summed E-state index contributed by atoms with van der Waals surface area (Å²) in [4.78, 5) is 11.7. The Morgan fingerprint density at radius 2 is 2.00 bits per heavy atom. The third-order valence-electron chi connectivity index (χ3n) is 2.69. The molecular weight excluding hydrogens is 228 g/mol. The first-order valence-electron chi connectivity index (χ1n) is 6.43. The van der Waals surface area contributed by atoms with Crippen LogP contribution in [0.5, 0.6) is 5.75 Å². The molecule has 1 aromatic rings. The minimum Gasteiger partial charge on any atom is -0.426 e. The molecule has 0 aliphatic carbocycles. The van der Waals surface area contributed by atoms with E-state index >= 15 is 0 Å². The molecule has 99 valence electrons. The fourth-order valence-electron chi connectivity index (χ4n) is 1.70. The largest absolute Gasteiger partial charge is 0.426 e. The van der Waals surface area contributed by atoms with Crippen molar-refractivity contribution in [2.24, 2.45) is 0 Å². The molecule has 1 aromatic carbocycles. The van der Waals surface area contributed by atoms with Crippen molar-refractivity contribution in [2.75, 3.05) is 0 Å². The second-order valence-corrected chi connectivity index (χ2v) is 4.24. The van der Waals surface area contributed by atoms with Gasteiger partial charge in [-0.3, -0.25) is 4.79 Å². The summed E-state index contributed by atoms with van der Waals surface area (Å²) < 4.78 is 10.2. The van der Waals surface area contributed by atoms with E-state index in [9.17, 15) is 4.79 Å². The molecule has 0 bridgehead atoms. The molecule has 0 aliphatic heterocycles. The van der Waals surface area contributed by atoms with Crippen LogP contribution in [0, 0.1) is 7.11 Å². The summed E-state index contributed by atoms with van der Waals surface area (Å²) in [6.07, 6.45) is 4.77. The highest BCUT2D eigenvalue weighted by Gasteiger charge is 2.08. The maximum atomic E-state index is 11.7. The van der Waals surface area contributed by atoms with E-state index in [1.807, 2.05) is 18.2 Å². The van der Waals surface area contributed by atoms with E-state index in [-0.39, 0.29) is 5.97 Å². The first-order chi connectivity index (χ1) is 8.77. The topological polar surface area (TPSA) is 35.5 Å². The van der Waals surface area contributed by atoms with Crippen molar-refractivity contribution in [3.8, 4) is 5.75 Å². The highest BCUT2D eigenvalue weighted by atomic mass is 16.5. The third kappa shape index (κ3) is 5.32. The second kappa shape index (κ2) is 8.70. The lowest BCUT2D eigenvalue weighted by molar-refractivity contribution is -0.134. The zero-order chi connectivity index (χ0) is 13.2. The van der Waals surface area contributed by atoms with Gasteiger partial charge in [0, 0.05) is 12.0 Å². The van der Waals surface area contributed by atoms with Gasteiger partial charge in [0.15, 0.2) is 0 Å². The number of hydrogen-bond acceptors (Lipinski definition) is 3. The summed E-state index contributed by atoms with van der Waals surface area (Å²) in [6.45, 7) is 2.49. The molecule has 0 aliphatic rings. The summed E-state index contributed by atoms with van der Waals surface area (Å²) in [5, 5.41) is 0. The van der Waals surface area contributed by atoms with E-state index in [0.717, 1.165) is 18.4 Å². The second-order valence-electron chi connectivity index (χ2n) is 4.24. The number of hydrogen-bond donors (Lipinski definition) is 0. The first kappa shape index (κ1) is 14.7. The Kier molecular flexibility index (Phi) is 7.11. The van der Waals surface area contributed by atoms with Gasteiger partial charge < -0.3 is 9.47 Å². The molecule has 0 amide bonds. The van der Waals surface area contributed by atoms with Crippen LogP contribution in [-0.2, 0) is 16.1 Å². The number of carbonyl (C=O) groups excluding carboxylic acids is 1. The van der Waals surface area contributed by atoms with E-state index in [1.54, 1.807) is 6.07 Å². The molecule has 0 unspecified atom stereocenters. The van der Waals surface area contributed by atoms with Gasteiger partial charge in [0.05, 0.1) is 13.7 Å². The van der Waals surface area contributed by atoms with Crippen LogP contribution < -0.4 is 4.74 Å². The van der Waals surface area contributed by atoms with Crippen LogP contribution >= 0.6 is 0 Å². The van der Waals surface area contributed by atoms with Gasteiger partial charge >= 0.3 is 5.97 Å². The maximum Gasteiger partial charge on any atom is 0.311 e. The number of esters is 1. The lowest BCUT2D eigenvalue weighted by atomic mass is 10.1. The summed E-state index contributed by atoms with van der Waals surface area (Å²) in [6, 6.07) is 7.36. The molecule has 3 heteroatoms. The van der Waals surface area contributed by atoms with Gasteiger partial charge in [-0.25, -0.2) is 0 Å². The van der Waals surface area contributed by atoms with Gasteiger partial charge in [0.1, 0.15) is 5.75 Å². The Balaban J connectivity index is 2.43. The van der Waals surface area contributed by atoms with E-state index in [1.165, 1.54) is 12.8 Å². The van der Waals surface area contributed by atoms with Crippen LogP contribution in [0.2, 0.25) is 0 Å². The SMILES string of the molecule is [CH2]OCc1ccccc1OC(=O)CCCCCC. The van der Waals surface area contributed by atoms with Crippen molar-refractivity contribution < 1.29 is 14.3 Å². The monoisotopic (exact) mass is 249 g/mol. The lowest BCUT2D eigenvalue weighted by Crippen LogP contribution is -2.09. The van der Waals surface area contributed by atoms with Crippen LogP contribution in [0.25, 0.3) is 0 Å². The van der Waals surface area contributed by atoms with Gasteiger partial charge in [0.25, 0.3) is 0 Å². The summed E-state index contributed by atoms with van der Waals surface area (Å²) in [5.74, 6) is 0.393. The van der Waals surface area contributed by atoms with Gasteiger partial charge in [-0.1, -0.05) is 44.4 Å². The third-order valence-corrected chi connectivity index (χ3v) is 2.69. The van der Waals surface area contributed by atoms with Crippen LogP contribution in [0.3, 0.4) is 0 Å². The summed E-state index contributed by atoms with van der Waals surface area (Å²) in [5.41, 5.74) is 0.842. The van der Waals surface area contributed by atoms with Gasteiger partial charge in [-0.15, -0.1) is 0 Å². The molecular formula is C15H21O3. The number of para-hydroxylation sites is 1. The first-order valence-corrected chi connectivity index (χ1v) is 6.43. The fourth-order valence-corrected chi connectivity index (χ4v) is 1.70. The van der Waals surface area contributed by atoms with Gasteiger partial charge in [-0.2, -0.15) is 0 Å². The molecule has 0 saturated carbocycles.